The molecule has 0 rings (SSSR count). The molecule has 36 valence electrons. The summed E-state index contributed by atoms with van der Waals surface area (Å²) in [6, 6.07) is 0. The van der Waals surface area contributed by atoms with Crippen LogP contribution in [0, 0.1) is 0 Å². The van der Waals surface area contributed by atoms with Crippen LogP contribution in [-0.4, -0.2) is 5.51 Å². The molecule has 2 radical (unpaired) electrons. The van der Waals surface area contributed by atoms with Crippen LogP contribution < -0.4 is 5.14 Å². The van der Waals surface area contributed by atoms with Crippen LogP contribution in [0.4, 0.5) is 13.2 Å². The molecule has 0 bridgehead atoms. The molecule has 5 heteroatoms. The van der Waals surface area contributed by atoms with Crippen molar-refractivity contribution >= 4 is 11.9 Å². The largest absolute Gasteiger partial charge is 0.459 e. The van der Waals surface area contributed by atoms with Gasteiger partial charge in [-0.2, -0.15) is 13.2 Å². The minimum Gasteiger partial charge on any atom is -0.159 e. The molecule has 0 aromatic rings. The third-order valence-corrected chi connectivity index (χ3v) is 0.311. The number of halogens is 3. The summed E-state index contributed by atoms with van der Waals surface area (Å²) in [7, 11) is 0. The maximum atomic E-state index is 10.5. The zero-order chi connectivity index (χ0) is 5.21. The molecule has 0 N–H and O–H groups in total. The minimum atomic E-state index is -4.49. The Morgan fingerprint density at radius 3 is 1.50 bits per heavy atom. The Labute approximate surface area is 36.8 Å². The summed E-state index contributed by atoms with van der Waals surface area (Å²) >= 11 is -1.12. The fourth-order valence-corrected chi connectivity index (χ4v) is 0. The molecule has 0 aromatic carbocycles. The molecular weight excluding hydrogens is 115 g/mol. The van der Waals surface area contributed by atoms with Crippen molar-refractivity contribution in [2.24, 2.45) is 0 Å². The van der Waals surface area contributed by atoms with Gasteiger partial charge in [-0.1, -0.05) is 5.14 Å². The molecule has 0 heterocycles. The van der Waals surface area contributed by atoms with Crippen molar-refractivity contribution in [3.8, 4) is 0 Å². The Balaban J connectivity index is 3.17. The third-order valence-electron chi connectivity index (χ3n) is 0.104. The highest BCUT2D eigenvalue weighted by atomic mass is 32.2. The summed E-state index contributed by atoms with van der Waals surface area (Å²) in [5.74, 6) is 0. The average Bonchev–Trinajstić information content (AvgIpc) is 1.35. The predicted molar refractivity (Wildman–Crippen MR) is 15.8 cm³/mol. The van der Waals surface area contributed by atoms with Gasteiger partial charge in [0.2, 0.25) is 0 Å². The molecule has 0 aromatic heterocycles. The third kappa shape index (κ3) is 4.10. The quantitative estimate of drug-likeness (QED) is 0.435. The topological polar surface area (TPSA) is 22.3 Å². The van der Waals surface area contributed by atoms with E-state index in [0.29, 0.717) is 0 Å². The zero-order valence-electron chi connectivity index (χ0n) is 2.49. The first-order valence-corrected chi connectivity index (χ1v) is 1.73. The Morgan fingerprint density at radius 2 is 1.50 bits per heavy atom. The first kappa shape index (κ1) is 6.10. The van der Waals surface area contributed by atoms with Gasteiger partial charge >= 0.3 is 5.51 Å². The van der Waals surface area contributed by atoms with Crippen LogP contribution in [0.25, 0.3) is 0 Å². The molecule has 6 heavy (non-hydrogen) atoms. The van der Waals surface area contributed by atoms with E-state index in [9.17, 15) is 13.2 Å². The van der Waals surface area contributed by atoms with Gasteiger partial charge < -0.3 is 0 Å². The molecule has 0 unspecified atom stereocenters. The number of nitrogens with zero attached hydrogens (tertiary/aromatic N) is 1. The van der Waals surface area contributed by atoms with Crippen molar-refractivity contribution in [3.63, 3.8) is 0 Å². The summed E-state index contributed by atoms with van der Waals surface area (Å²) in [6.45, 7) is 0. The number of alkyl halides is 3. The standard InChI is InChI=1S/CF3NS/c2-1(3,4)6-5. The zero-order valence-corrected chi connectivity index (χ0v) is 3.31. The van der Waals surface area contributed by atoms with Crippen molar-refractivity contribution in [1.29, 1.82) is 0 Å². The number of rotatable bonds is 0. The van der Waals surface area contributed by atoms with E-state index >= 15 is 0 Å². The van der Waals surface area contributed by atoms with Gasteiger partial charge in [0, 0.05) is 0 Å². The molecule has 0 saturated heterocycles. The summed E-state index contributed by atoms with van der Waals surface area (Å²) in [6.07, 6.45) is 0. The van der Waals surface area contributed by atoms with Gasteiger partial charge in [-0.15, -0.1) is 0 Å². The lowest BCUT2D eigenvalue weighted by atomic mass is 11.6. The van der Waals surface area contributed by atoms with E-state index in [4.69, 9.17) is 5.14 Å². The van der Waals surface area contributed by atoms with Gasteiger partial charge in [0.25, 0.3) is 0 Å². The minimum absolute atomic E-state index is 1.12. The summed E-state index contributed by atoms with van der Waals surface area (Å²) in [4.78, 5) is 0. The van der Waals surface area contributed by atoms with Gasteiger partial charge in [0.1, 0.15) is 0 Å². The summed E-state index contributed by atoms with van der Waals surface area (Å²) in [5.41, 5.74) is -4.49. The van der Waals surface area contributed by atoms with E-state index in [1.807, 2.05) is 0 Å². The second-order valence-electron chi connectivity index (χ2n) is 0.537. The van der Waals surface area contributed by atoms with Gasteiger partial charge in [0.15, 0.2) is 0 Å². The maximum Gasteiger partial charge on any atom is 0.459 e. The van der Waals surface area contributed by atoms with E-state index in [2.05, 4.69) is 0 Å². The van der Waals surface area contributed by atoms with E-state index in [-0.39, 0.29) is 0 Å². The molecule has 0 atom stereocenters. The van der Waals surface area contributed by atoms with Crippen LogP contribution in [0.3, 0.4) is 0 Å². The molecule has 0 aliphatic heterocycles. The van der Waals surface area contributed by atoms with Crippen molar-refractivity contribution in [3.05, 3.63) is 0 Å². The van der Waals surface area contributed by atoms with Crippen LogP contribution in [0.2, 0.25) is 0 Å². The van der Waals surface area contributed by atoms with E-state index in [1.165, 1.54) is 0 Å². The van der Waals surface area contributed by atoms with Crippen LogP contribution >= 0.6 is 11.9 Å². The maximum absolute atomic E-state index is 10.5. The Bertz CT molecular complexity index is 40.5. The van der Waals surface area contributed by atoms with Crippen LogP contribution in [0.5, 0.6) is 0 Å². The molecule has 0 saturated carbocycles. The predicted octanol–water partition coefficient (Wildman–Crippen LogP) is 1.22. The van der Waals surface area contributed by atoms with Crippen molar-refractivity contribution < 1.29 is 13.2 Å². The Hall–Kier alpha value is 0.100. The van der Waals surface area contributed by atoms with Gasteiger partial charge in [0.05, 0.1) is 11.9 Å². The van der Waals surface area contributed by atoms with E-state index in [1.54, 1.807) is 0 Å². The highest BCUT2D eigenvalue weighted by Crippen LogP contribution is 2.25. The van der Waals surface area contributed by atoms with Gasteiger partial charge in [-0.3, -0.25) is 0 Å². The van der Waals surface area contributed by atoms with Crippen molar-refractivity contribution in [2.45, 2.75) is 5.51 Å². The van der Waals surface area contributed by atoms with Gasteiger partial charge in [-0.05, 0) is 0 Å². The molecule has 0 fully saturated rings. The highest BCUT2D eigenvalue weighted by Gasteiger charge is 2.27. The second-order valence-corrected chi connectivity index (χ2v) is 1.18. The summed E-state index contributed by atoms with van der Waals surface area (Å²) < 4.78 is 31.5. The molecular formula is CF3NS. The second kappa shape index (κ2) is 1.70. The Kier molecular flexibility index (Phi) is 1.73. The lowest BCUT2D eigenvalue weighted by molar-refractivity contribution is -0.0329. The first-order chi connectivity index (χ1) is 2.56. The summed E-state index contributed by atoms with van der Waals surface area (Å²) in [5, 5.41) is 7.19. The van der Waals surface area contributed by atoms with Gasteiger partial charge in [-0.25, -0.2) is 0 Å². The molecule has 0 spiro atoms. The SMILES string of the molecule is [N]SC(F)(F)F. The van der Waals surface area contributed by atoms with E-state index in [0.717, 1.165) is 0 Å². The van der Waals surface area contributed by atoms with Crippen LogP contribution in [0.1, 0.15) is 0 Å². The number of hydrogen-bond donors (Lipinski definition) is 0. The normalized spacial score (nSPS) is 12.0. The number of hydrogen-bond acceptors (Lipinski definition) is 1. The molecule has 1 nitrogen and oxygen atoms in total. The monoisotopic (exact) mass is 115 g/mol. The van der Waals surface area contributed by atoms with Crippen molar-refractivity contribution in [2.75, 3.05) is 0 Å². The molecule has 0 amide bonds. The highest BCUT2D eigenvalue weighted by molar-refractivity contribution is 7.97. The lowest BCUT2D eigenvalue weighted by Gasteiger charge is -1.92. The fraction of sp³-hybridized carbons (Fsp3) is 1.00. The van der Waals surface area contributed by atoms with Crippen LogP contribution in [-0.2, 0) is 0 Å². The fourth-order valence-electron chi connectivity index (χ4n) is 0. The molecule has 0 aliphatic rings. The first-order valence-electron chi connectivity index (χ1n) is 0.954. The Morgan fingerprint density at radius 1 is 1.33 bits per heavy atom. The van der Waals surface area contributed by atoms with Crippen LogP contribution in [0.15, 0.2) is 0 Å². The van der Waals surface area contributed by atoms with E-state index < -0.39 is 17.5 Å². The molecule has 0 aliphatic carbocycles. The smallest absolute Gasteiger partial charge is 0.159 e. The average molecular weight is 115 g/mol. The van der Waals surface area contributed by atoms with Crippen molar-refractivity contribution in [1.82, 2.24) is 5.14 Å². The lowest BCUT2D eigenvalue weighted by Crippen LogP contribution is -1.97.